The van der Waals surface area contributed by atoms with Crippen LogP contribution in [0.2, 0.25) is 0 Å². The van der Waals surface area contributed by atoms with E-state index in [0.29, 0.717) is 16.9 Å². The van der Waals surface area contributed by atoms with E-state index in [0.717, 1.165) is 0 Å². The molecule has 17 heavy (non-hydrogen) atoms. The standard InChI is InChI=1S/C10H10FN3O3/c11-8-1-6(3-13-14-10(12)15)9-7(2-8)4-16-5-17-9/h1-3H,4-5H2,(H3,12,14,15). The molecule has 0 saturated heterocycles. The predicted molar refractivity (Wildman–Crippen MR) is 57.0 cm³/mol. The number of urea groups is 1. The van der Waals surface area contributed by atoms with Gasteiger partial charge in [-0.3, -0.25) is 0 Å². The molecule has 1 aromatic carbocycles. The van der Waals surface area contributed by atoms with Gasteiger partial charge in [-0.15, -0.1) is 0 Å². The first-order chi connectivity index (χ1) is 8.16. The minimum Gasteiger partial charge on any atom is -0.466 e. The molecule has 1 aliphatic heterocycles. The summed E-state index contributed by atoms with van der Waals surface area (Å²) >= 11 is 0. The number of hydrazone groups is 1. The van der Waals surface area contributed by atoms with Crippen LogP contribution in [0.5, 0.6) is 5.75 Å². The number of carbonyl (C=O) groups excluding carboxylic acids is 1. The number of carbonyl (C=O) groups is 1. The number of benzene rings is 1. The lowest BCUT2D eigenvalue weighted by atomic mass is 10.1. The van der Waals surface area contributed by atoms with Crippen molar-refractivity contribution in [3.05, 3.63) is 29.1 Å². The lowest BCUT2D eigenvalue weighted by Gasteiger charge is -2.19. The highest BCUT2D eigenvalue weighted by atomic mass is 19.1. The van der Waals surface area contributed by atoms with E-state index in [-0.39, 0.29) is 13.4 Å². The van der Waals surface area contributed by atoms with E-state index >= 15 is 0 Å². The first-order valence-electron chi connectivity index (χ1n) is 4.78. The molecule has 0 radical (unpaired) electrons. The third-order valence-electron chi connectivity index (χ3n) is 2.08. The fraction of sp³-hybridized carbons (Fsp3) is 0.200. The van der Waals surface area contributed by atoms with Gasteiger partial charge in [-0.05, 0) is 12.1 Å². The molecule has 0 spiro atoms. The number of halogens is 1. The molecule has 6 nitrogen and oxygen atoms in total. The van der Waals surface area contributed by atoms with Crippen molar-refractivity contribution < 1.29 is 18.7 Å². The number of hydrogen-bond acceptors (Lipinski definition) is 4. The van der Waals surface area contributed by atoms with Gasteiger partial charge in [-0.2, -0.15) is 5.10 Å². The minimum absolute atomic E-state index is 0.0999. The van der Waals surface area contributed by atoms with Gasteiger partial charge in [0.25, 0.3) is 0 Å². The maximum absolute atomic E-state index is 13.3. The summed E-state index contributed by atoms with van der Waals surface area (Å²) in [6.07, 6.45) is 1.26. The molecular weight excluding hydrogens is 229 g/mol. The van der Waals surface area contributed by atoms with Gasteiger partial charge in [0.2, 0.25) is 0 Å². The summed E-state index contributed by atoms with van der Waals surface area (Å²) in [5.74, 6) is 0.0612. The SMILES string of the molecule is NC(=O)NN=Cc1cc(F)cc2c1OCOC2. The van der Waals surface area contributed by atoms with Gasteiger partial charge in [0.1, 0.15) is 11.6 Å². The fourth-order valence-corrected chi connectivity index (χ4v) is 1.47. The number of nitrogens with one attached hydrogen (secondary N) is 1. The number of rotatable bonds is 2. The van der Waals surface area contributed by atoms with Crippen molar-refractivity contribution in [1.82, 2.24) is 5.43 Å². The highest BCUT2D eigenvalue weighted by Gasteiger charge is 2.15. The van der Waals surface area contributed by atoms with E-state index < -0.39 is 11.8 Å². The molecule has 90 valence electrons. The van der Waals surface area contributed by atoms with Crippen molar-refractivity contribution >= 4 is 12.2 Å². The van der Waals surface area contributed by atoms with Gasteiger partial charge < -0.3 is 15.2 Å². The van der Waals surface area contributed by atoms with Crippen LogP contribution < -0.4 is 15.9 Å². The molecule has 0 aromatic heterocycles. The van der Waals surface area contributed by atoms with E-state index in [1.165, 1.54) is 18.3 Å². The monoisotopic (exact) mass is 239 g/mol. The second-order valence-corrected chi connectivity index (χ2v) is 3.33. The quantitative estimate of drug-likeness (QED) is 0.588. The van der Waals surface area contributed by atoms with E-state index in [9.17, 15) is 9.18 Å². The van der Waals surface area contributed by atoms with Crippen LogP contribution >= 0.6 is 0 Å². The van der Waals surface area contributed by atoms with Gasteiger partial charge in [0.15, 0.2) is 6.79 Å². The highest BCUT2D eigenvalue weighted by Crippen LogP contribution is 2.28. The first kappa shape index (κ1) is 11.3. The van der Waals surface area contributed by atoms with Crippen molar-refractivity contribution in [1.29, 1.82) is 0 Å². The van der Waals surface area contributed by atoms with Gasteiger partial charge >= 0.3 is 6.03 Å². The average Bonchev–Trinajstić information content (AvgIpc) is 2.28. The normalized spacial score (nSPS) is 14.2. The van der Waals surface area contributed by atoms with E-state index in [4.69, 9.17) is 15.2 Å². The molecule has 2 rings (SSSR count). The molecule has 0 unspecified atom stereocenters. The summed E-state index contributed by atoms with van der Waals surface area (Å²) < 4.78 is 23.5. The molecule has 0 bridgehead atoms. The van der Waals surface area contributed by atoms with Crippen LogP contribution in [0.25, 0.3) is 0 Å². The second kappa shape index (κ2) is 4.79. The van der Waals surface area contributed by atoms with Crippen LogP contribution in [0, 0.1) is 5.82 Å². The molecule has 0 aliphatic carbocycles. The minimum atomic E-state index is -0.796. The molecular formula is C10H10FN3O3. The lowest BCUT2D eigenvalue weighted by Crippen LogP contribution is -2.24. The van der Waals surface area contributed by atoms with Crippen molar-refractivity contribution in [2.45, 2.75) is 6.61 Å². The van der Waals surface area contributed by atoms with Crippen LogP contribution in [-0.2, 0) is 11.3 Å². The zero-order valence-corrected chi connectivity index (χ0v) is 8.77. The Hall–Kier alpha value is -2.15. The number of hydrogen-bond donors (Lipinski definition) is 2. The first-order valence-corrected chi connectivity index (χ1v) is 4.78. The predicted octanol–water partition coefficient (Wildman–Crippen LogP) is 0.694. The Labute approximate surface area is 96.2 Å². The zero-order chi connectivity index (χ0) is 12.3. The largest absolute Gasteiger partial charge is 0.466 e. The van der Waals surface area contributed by atoms with Crippen molar-refractivity contribution in [2.75, 3.05) is 6.79 Å². The van der Waals surface area contributed by atoms with E-state index in [1.54, 1.807) is 0 Å². The lowest BCUT2D eigenvalue weighted by molar-refractivity contribution is -0.0166. The molecule has 1 heterocycles. The Balaban J connectivity index is 2.29. The Kier molecular flexibility index (Phi) is 3.20. The van der Waals surface area contributed by atoms with Crippen LogP contribution in [0.4, 0.5) is 9.18 Å². The molecule has 1 aliphatic rings. The van der Waals surface area contributed by atoms with Gasteiger partial charge in [-0.1, -0.05) is 0 Å². The summed E-state index contributed by atoms with van der Waals surface area (Å²) in [5.41, 5.74) is 7.86. The number of nitrogens with zero attached hydrogens (tertiary/aromatic N) is 1. The summed E-state index contributed by atoms with van der Waals surface area (Å²) in [7, 11) is 0. The maximum Gasteiger partial charge on any atom is 0.332 e. The van der Waals surface area contributed by atoms with Gasteiger partial charge in [-0.25, -0.2) is 14.6 Å². The molecule has 0 fully saturated rings. The third kappa shape index (κ3) is 2.70. The highest BCUT2D eigenvalue weighted by molar-refractivity contribution is 5.85. The second-order valence-electron chi connectivity index (χ2n) is 3.33. The number of amides is 2. The molecule has 7 heteroatoms. The zero-order valence-electron chi connectivity index (χ0n) is 8.77. The smallest absolute Gasteiger partial charge is 0.332 e. The molecule has 2 amide bonds. The molecule has 3 N–H and O–H groups in total. The molecule has 0 atom stereocenters. The van der Waals surface area contributed by atoms with Gasteiger partial charge in [0, 0.05) is 11.1 Å². The van der Waals surface area contributed by atoms with Gasteiger partial charge in [0.05, 0.1) is 12.8 Å². The Morgan fingerprint density at radius 1 is 1.59 bits per heavy atom. The topological polar surface area (TPSA) is 85.9 Å². The number of ether oxygens (including phenoxy) is 2. The maximum atomic E-state index is 13.3. The molecule has 1 aromatic rings. The van der Waals surface area contributed by atoms with Crippen LogP contribution in [0.1, 0.15) is 11.1 Å². The summed E-state index contributed by atoms with van der Waals surface area (Å²) in [5, 5.41) is 3.55. The third-order valence-corrected chi connectivity index (χ3v) is 2.08. The Morgan fingerprint density at radius 2 is 2.41 bits per heavy atom. The number of nitrogens with two attached hydrogens (primary N) is 1. The van der Waals surface area contributed by atoms with Crippen LogP contribution in [-0.4, -0.2) is 19.0 Å². The fourth-order valence-electron chi connectivity index (χ4n) is 1.47. The number of primary amides is 1. The Morgan fingerprint density at radius 3 is 3.18 bits per heavy atom. The van der Waals surface area contributed by atoms with Crippen molar-refractivity contribution in [2.24, 2.45) is 10.8 Å². The summed E-state index contributed by atoms with van der Waals surface area (Å²) in [6, 6.07) is 1.78. The number of fused-ring (bicyclic) bond motifs is 1. The Bertz CT molecular complexity index is 476. The molecule has 0 saturated carbocycles. The van der Waals surface area contributed by atoms with Crippen LogP contribution in [0.15, 0.2) is 17.2 Å². The van der Waals surface area contributed by atoms with Crippen molar-refractivity contribution in [3.63, 3.8) is 0 Å². The summed E-state index contributed by atoms with van der Waals surface area (Å²) in [4.78, 5) is 10.4. The van der Waals surface area contributed by atoms with E-state index in [2.05, 4.69) is 5.10 Å². The van der Waals surface area contributed by atoms with Crippen LogP contribution in [0.3, 0.4) is 0 Å². The summed E-state index contributed by atoms with van der Waals surface area (Å²) in [6.45, 7) is 0.375. The van der Waals surface area contributed by atoms with Crippen molar-refractivity contribution in [3.8, 4) is 5.75 Å². The van der Waals surface area contributed by atoms with E-state index in [1.807, 2.05) is 5.43 Å². The average molecular weight is 239 g/mol.